The van der Waals surface area contributed by atoms with Crippen LogP contribution in [-0.2, 0) is 11.2 Å². The molecular formula is C24H35N7O3. The van der Waals surface area contributed by atoms with Gasteiger partial charge in [0.05, 0.1) is 11.7 Å². The van der Waals surface area contributed by atoms with Crippen molar-refractivity contribution in [2.24, 2.45) is 5.73 Å². The highest BCUT2D eigenvalue weighted by atomic mass is 16.6. The molecule has 1 saturated carbocycles. The quantitative estimate of drug-likeness (QED) is 0.455. The van der Waals surface area contributed by atoms with Crippen LogP contribution in [0.15, 0.2) is 24.3 Å². The van der Waals surface area contributed by atoms with E-state index in [1.54, 1.807) is 6.07 Å². The summed E-state index contributed by atoms with van der Waals surface area (Å²) in [5.74, 6) is 0.378. The molecule has 10 heteroatoms. The van der Waals surface area contributed by atoms with Gasteiger partial charge in [0.2, 0.25) is 0 Å². The van der Waals surface area contributed by atoms with Crippen molar-refractivity contribution in [3.8, 4) is 0 Å². The molecule has 0 bridgehead atoms. The van der Waals surface area contributed by atoms with Crippen LogP contribution in [-0.4, -0.2) is 44.9 Å². The Morgan fingerprint density at radius 1 is 1.12 bits per heavy atom. The average Bonchev–Trinajstić information content (AvgIpc) is 2.74. The highest BCUT2D eigenvalue weighted by molar-refractivity contribution is 5.97. The van der Waals surface area contributed by atoms with Crippen molar-refractivity contribution in [3.63, 3.8) is 0 Å². The summed E-state index contributed by atoms with van der Waals surface area (Å²) in [7, 11) is 0. The summed E-state index contributed by atoms with van der Waals surface area (Å²) in [6, 6.07) is 7.20. The predicted molar refractivity (Wildman–Crippen MR) is 131 cm³/mol. The lowest BCUT2D eigenvalue weighted by molar-refractivity contribution is 0.0488. The summed E-state index contributed by atoms with van der Waals surface area (Å²) in [5.41, 5.74) is 6.35. The fourth-order valence-corrected chi connectivity index (χ4v) is 3.95. The number of primary amides is 1. The molecule has 0 aliphatic heterocycles. The maximum absolute atomic E-state index is 12.3. The van der Waals surface area contributed by atoms with E-state index in [1.165, 1.54) is 0 Å². The highest BCUT2D eigenvalue weighted by Crippen LogP contribution is 2.25. The van der Waals surface area contributed by atoms with Gasteiger partial charge in [0.1, 0.15) is 11.4 Å². The molecular weight excluding hydrogens is 434 g/mol. The first kappa shape index (κ1) is 25.2. The number of amides is 2. The van der Waals surface area contributed by atoms with E-state index in [1.807, 2.05) is 39.0 Å². The van der Waals surface area contributed by atoms with Crippen LogP contribution in [0.2, 0.25) is 0 Å². The summed E-state index contributed by atoms with van der Waals surface area (Å²) >= 11 is 0. The molecule has 2 atom stereocenters. The van der Waals surface area contributed by atoms with E-state index in [-0.39, 0.29) is 17.8 Å². The molecule has 184 valence electrons. The normalized spacial score (nSPS) is 18.1. The first-order valence-electron chi connectivity index (χ1n) is 11.8. The van der Waals surface area contributed by atoms with Crippen LogP contribution in [0.25, 0.3) is 0 Å². The predicted octanol–water partition coefficient (Wildman–Crippen LogP) is 3.91. The van der Waals surface area contributed by atoms with Gasteiger partial charge in [0, 0.05) is 17.8 Å². The first-order valence-corrected chi connectivity index (χ1v) is 11.8. The third-order valence-electron chi connectivity index (χ3n) is 5.40. The van der Waals surface area contributed by atoms with Crippen molar-refractivity contribution < 1.29 is 14.3 Å². The van der Waals surface area contributed by atoms with Gasteiger partial charge in [0.25, 0.3) is 5.91 Å². The van der Waals surface area contributed by atoms with Crippen molar-refractivity contribution in [3.05, 3.63) is 35.7 Å². The van der Waals surface area contributed by atoms with E-state index in [9.17, 15) is 9.59 Å². The van der Waals surface area contributed by atoms with Gasteiger partial charge in [-0.1, -0.05) is 32.3 Å². The van der Waals surface area contributed by atoms with Gasteiger partial charge in [0.15, 0.2) is 11.5 Å². The maximum atomic E-state index is 12.3. The fourth-order valence-electron chi connectivity index (χ4n) is 3.95. The molecule has 10 nitrogen and oxygen atoms in total. The topological polar surface area (TPSA) is 144 Å². The van der Waals surface area contributed by atoms with Crippen LogP contribution >= 0.6 is 0 Å². The largest absolute Gasteiger partial charge is 0.444 e. The van der Waals surface area contributed by atoms with E-state index in [2.05, 4.69) is 38.1 Å². The van der Waals surface area contributed by atoms with Crippen LogP contribution in [0.5, 0.6) is 0 Å². The average molecular weight is 470 g/mol. The molecule has 2 heterocycles. The van der Waals surface area contributed by atoms with E-state index in [0.717, 1.165) is 44.2 Å². The van der Waals surface area contributed by atoms with Crippen LogP contribution in [0.1, 0.15) is 76.0 Å². The monoisotopic (exact) mass is 469 g/mol. The molecule has 1 aliphatic rings. The molecule has 2 aromatic rings. The molecule has 3 rings (SSSR count). The lowest BCUT2D eigenvalue weighted by Gasteiger charge is -2.33. The molecule has 1 fully saturated rings. The molecule has 0 radical (unpaired) electrons. The van der Waals surface area contributed by atoms with Crippen LogP contribution in [0.3, 0.4) is 0 Å². The number of ether oxygens (including phenoxy) is 1. The summed E-state index contributed by atoms with van der Waals surface area (Å²) in [4.78, 5) is 28.9. The van der Waals surface area contributed by atoms with Gasteiger partial charge in [-0.3, -0.25) is 4.79 Å². The van der Waals surface area contributed by atoms with Crippen molar-refractivity contribution in [2.75, 3.05) is 10.6 Å². The van der Waals surface area contributed by atoms with Crippen LogP contribution in [0.4, 0.5) is 22.1 Å². The number of pyridine rings is 1. The lowest BCUT2D eigenvalue weighted by atomic mass is 9.90. The minimum atomic E-state index is -0.687. The summed E-state index contributed by atoms with van der Waals surface area (Å²) in [5, 5.41) is 17.7. The van der Waals surface area contributed by atoms with Crippen molar-refractivity contribution >= 4 is 29.3 Å². The number of hydrogen-bond acceptors (Lipinski definition) is 8. The smallest absolute Gasteiger partial charge is 0.407 e. The van der Waals surface area contributed by atoms with Gasteiger partial charge in [-0.25, -0.2) is 9.78 Å². The molecule has 5 N–H and O–H groups in total. The van der Waals surface area contributed by atoms with Gasteiger partial charge in [-0.2, -0.15) is 0 Å². The number of nitrogens with one attached hydrogen (secondary N) is 3. The van der Waals surface area contributed by atoms with Crippen LogP contribution in [0, 0.1) is 0 Å². The molecule has 1 aliphatic carbocycles. The molecule has 2 amide bonds. The van der Waals surface area contributed by atoms with Gasteiger partial charge >= 0.3 is 6.09 Å². The second-order valence-corrected chi connectivity index (χ2v) is 9.53. The van der Waals surface area contributed by atoms with E-state index in [4.69, 9.17) is 10.5 Å². The molecule has 0 spiro atoms. The van der Waals surface area contributed by atoms with Gasteiger partial charge in [-0.15, -0.1) is 10.2 Å². The minimum Gasteiger partial charge on any atom is -0.444 e. The third-order valence-corrected chi connectivity index (χ3v) is 5.40. The van der Waals surface area contributed by atoms with Crippen molar-refractivity contribution in [1.29, 1.82) is 0 Å². The molecule has 34 heavy (non-hydrogen) atoms. The number of nitrogens with zero attached hydrogens (tertiary/aromatic N) is 3. The molecule has 0 unspecified atom stereocenters. The zero-order chi connectivity index (χ0) is 24.7. The fraction of sp³-hybridized carbons (Fsp3) is 0.542. The SMILES string of the molecule is CCCc1cccc(Nc2cc(N[C@@H]3CCCC[C@@H]3NC(=O)OC(C)(C)C)nnc2C(N)=O)n1. The number of alkyl carbamates (subject to hydrolysis) is 1. The standard InChI is InChI=1S/C24H35N7O3/c1-5-9-15-10-8-13-19(26-15)28-18-14-20(30-31-21(18)22(25)32)27-16-11-6-7-12-17(16)29-23(33)34-24(2,3)4/h8,10,13-14,16-17H,5-7,9,11-12H2,1-4H3,(H2,25,32)(H,29,33)(H2,26,27,28,30)/t16-,17+/m1/s1. The number of anilines is 3. The summed E-state index contributed by atoms with van der Waals surface area (Å²) in [6.07, 6.45) is 5.10. The first-order chi connectivity index (χ1) is 16.1. The third kappa shape index (κ3) is 7.29. The number of carbonyl (C=O) groups excluding carboxylic acids is 2. The number of carbonyl (C=O) groups is 2. The van der Waals surface area contributed by atoms with Crippen molar-refractivity contribution in [2.45, 2.75) is 83.9 Å². The second-order valence-electron chi connectivity index (χ2n) is 9.53. The zero-order valence-corrected chi connectivity index (χ0v) is 20.4. The minimum absolute atomic E-state index is 0.0281. The second kappa shape index (κ2) is 11.1. The molecule has 0 aromatic carbocycles. The van der Waals surface area contributed by atoms with Crippen LogP contribution < -0.4 is 21.7 Å². The number of rotatable bonds is 8. The zero-order valence-electron chi connectivity index (χ0n) is 20.4. The Morgan fingerprint density at radius 3 is 2.53 bits per heavy atom. The van der Waals surface area contributed by atoms with Gasteiger partial charge < -0.3 is 26.4 Å². The lowest BCUT2D eigenvalue weighted by Crippen LogP contribution is -2.49. The molecule has 0 saturated heterocycles. The van der Waals surface area contributed by atoms with E-state index < -0.39 is 17.6 Å². The maximum Gasteiger partial charge on any atom is 0.407 e. The number of aryl methyl sites for hydroxylation is 1. The Bertz CT molecular complexity index is 1010. The Labute approximate surface area is 200 Å². The Balaban J connectivity index is 1.78. The Kier molecular flexibility index (Phi) is 8.25. The van der Waals surface area contributed by atoms with E-state index in [0.29, 0.717) is 17.3 Å². The van der Waals surface area contributed by atoms with Crippen molar-refractivity contribution in [1.82, 2.24) is 20.5 Å². The number of nitrogens with two attached hydrogens (primary N) is 1. The Hall–Kier alpha value is -3.43. The highest BCUT2D eigenvalue weighted by Gasteiger charge is 2.29. The van der Waals surface area contributed by atoms with E-state index >= 15 is 0 Å². The Morgan fingerprint density at radius 2 is 1.85 bits per heavy atom. The molecule has 2 aromatic heterocycles. The number of hydrogen-bond donors (Lipinski definition) is 4. The summed E-state index contributed by atoms with van der Waals surface area (Å²) < 4.78 is 5.42. The van der Waals surface area contributed by atoms with Gasteiger partial charge in [-0.05, 0) is 52.2 Å². The number of aromatic nitrogens is 3. The summed E-state index contributed by atoms with van der Waals surface area (Å²) in [6.45, 7) is 7.59.